The van der Waals surface area contributed by atoms with Gasteiger partial charge in [0.05, 0.1) is 13.7 Å². The second-order valence-electron chi connectivity index (χ2n) is 5.30. The zero-order chi connectivity index (χ0) is 15.0. The van der Waals surface area contributed by atoms with E-state index in [9.17, 15) is 14.0 Å². The van der Waals surface area contributed by atoms with E-state index in [0.717, 1.165) is 4.90 Å². The minimum atomic E-state index is -0.831. The van der Waals surface area contributed by atoms with Crippen molar-refractivity contribution in [2.75, 3.05) is 20.2 Å². The number of nitrogens with one attached hydrogen (secondary N) is 2. The summed E-state index contributed by atoms with van der Waals surface area (Å²) in [5, 5.41) is 5.82. The van der Waals surface area contributed by atoms with Crippen molar-refractivity contribution in [2.24, 2.45) is 0 Å². The fourth-order valence-corrected chi connectivity index (χ4v) is 2.79. The van der Waals surface area contributed by atoms with Gasteiger partial charge in [0.25, 0.3) is 5.91 Å². The monoisotopic (exact) mass is 293 g/mol. The molecule has 3 rings (SSSR count). The third kappa shape index (κ3) is 2.23. The zero-order valence-corrected chi connectivity index (χ0v) is 11.6. The van der Waals surface area contributed by atoms with Crippen LogP contribution in [0.5, 0.6) is 5.75 Å². The molecule has 2 fully saturated rings. The number of methoxy groups -OCH3 is 1. The Hall–Kier alpha value is -2.15. The number of carbonyl (C=O) groups is 2. The SMILES string of the molecule is COc1ccc(CN2C(=O)NC3(CCNC3)C2=O)cc1F. The van der Waals surface area contributed by atoms with Crippen molar-refractivity contribution < 1.29 is 18.7 Å². The van der Waals surface area contributed by atoms with Crippen LogP contribution in [0.1, 0.15) is 12.0 Å². The van der Waals surface area contributed by atoms with E-state index in [1.54, 1.807) is 6.07 Å². The Morgan fingerprint density at radius 2 is 2.24 bits per heavy atom. The Morgan fingerprint density at radius 3 is 2.86 bits per heavy atom. The van der Waals surface area contributed by atoms with Crippen molar-refractivity contribution >= 4 is 11.9 Å². The van der Waals surface area contributed by atoms with Gasteiger partial charge in [-0.3, -0.25) is 9.69 Å². The van der Waals surface area contributed by atoms with Crippen LogP contribution >= 0.6 is 0 Å². The molecule has 2 heterocycles. The van der Waals surface area contributed by atoms with Crippen LogP contribution in [0.15, 0.2) is 18.2 Å². The van der Waals surface area contributed by atoms with E-state index < -0.39 is 17.4 Å². The summed E-state index contributed by atoms with van der Waals surface area (Å²) in [7, 11) is 1.38. The molecule has 0 saturated carbocycles. The molecule has 112 valence electrons. The van der Waals surface area contributed by atoms with Gasteiger partial charge in [-0.25, -0.2) is 9.18 Å². The van der Waals surface area contributed by atoms with Gasteiger partial charge in [-0.1, -0.05) is 6.07 Å². The minimum absolute atomic E-state index is 0.0489. The van der Waals surface area contributed by atoms with Gasteiger partial charge in [-0.05, 0) is 30.7 Å². The lowest BCUT2D eigenvalue weighted by molar-refractivity contribution is -0.131. The minimum Gasteiger partial charge on any atom is -0.494 e. The number of hydrogen-bond acceptors (Lipinski definition) is 4. The summed E-state index contributed by atoms with van der Waals surface area (Å²) in [5.74, 6) is -0.638. The number of amides is 3. The molecule has 0 bridgehead atoms. The van der Waals surface area contributed by atoms with Crippen LogP contribution in [-0.2, 0) is 11.3 Å². The number of carbonyl (C=O) groups excluding carboxylic acids is 2. The number of imide groups is 1. The van der Waals surface area contributed by atoms with Crippen LogP contribution < -0.4 is 15.4 Å². The highest BCUT2D eigenvalue weighted by molar-refractivity contribution is 6.07. The fourth-order valence-electron chi connectivity index (χ4n) is 2.79. The molecule has 1 atom stereocenters. The number of halogens is 1. The molecule has 0 radical (unpaired) electrons. The normalized spacial score (nSPS) is 24.8. The van der Waals surface area contributed by atoms with Crippen LogP contribution in [0.3, 0.4) is 0 Å². The van der Waals surface area contributed by atoms with Crippen LogP contribution in [0.2, 0.25) is 0 Å². The lowest BCUT2D eigenvalue weighted by atomic mass is 9.99. The van der Waals surface area contributed by atoms with Crippen molar-refractivity contribution in [3.05, 3.63) is 29.6 Å². The molecule has 1 aromatic rings. The largest absolute Gasteiger partial charge is 0.494 e. The third-order valence-corrected chi connectivity index (χ3v) is 3.96. The highest BCUT2D eigenvalue weighted by Crippen LogP contribution is 2.26. The molecule has 2 aliphatic rings. The highest BCUT2D eigenvalue weighted by atomic mass is 19.1. The average molecular weight is 293 g/mol. The maximum atomic E-state index is 13.7. The predicted octanol–water partition coefficient (Wildman–Crippen LogP) is 0.618. The first kappa shape index (κ1) is 13.8. The second kappa shape index (κ2) is 5.00. The van der Waals surface area contributed by atoms with Crippen molar-refractivity contribution in [1.82, 2.24) is 15.5 Å². The van der Waals surface area contributed by atoms with Gasteiger partial charge >= 0.3 is 6.03 Å². The molecule has 1 spiro atoms. The van der Waals surface area contributed by atoms with Gasteiger partial charge in [-0.2, -0.15) is 0 Å². The molecular weight excluding hydrogens is 277 g/mol. The topological polar surface area (TPSA) is 70.7 Å². The number of urea groups is 1. The van der Waals surface area contributed by atoms with E-state index in [1.165, 1.54) is 19.2 Å². The van der Waals surface area contributed by atoms with Gasteiger partial charge < -0.3 is 15.4 Å². The molecule has 2 saturated heterocycles. The lowest BCUT2D eigenvalue weighted by Gasteiger charge is -2.19. The number of rotatable bonds is 3. The molecule has 21 heavy (non-hydrogen) atoms. The smallest absolute Gasteiger partial charge is 0.325 e. The summed E-state index contributed by atoms with van der Waals surface area (Å²) in [4.78, 5) is 25.6. The molecule has 6 nitrogen and oxygen atoms in total. The quantitative estimate of drug-likeness (QED) is 0.802. The van der Waals surface area contributed by atoms with E-state index in [2.05, 4.69) is 10.6 Å². The number of ether oxygens (including phenoxy) is 1. The van der Waals surface area contributed by atoms with Crippen molar-refractivity contribution in [1.29, 1.82) is 0 Å². The maximum absolute atomic E-state index is 13.7. The highest BCUT2D eigenvalue weighted by Gasteiger charge is 2.52. The summed E-state index contributed by atoms with van der Waals surface area (Å²) < 4.78 is 18.5. The van der Waals surface area contributed by atoms with Gasteiger partial charge in [0.2, 0.25) is 0 Å². The average Bonchev–Trinajstić information content (AvgIpc) is 3.01. The van der Waals surface area contributed by atoms with Crippen LogP contribution in [0.4, 0.5) is 9.18 Å². The van der Waals surface area contributed by atoms with Gasteiger partial charge in [0.1, 0.15) is 5.54 Å². The molecule has 1 unspecified atom stereocenters. The van der Waals surface area contributed by atoms with E-state index in [-0.39, 0.29) is 18.2 Å². The first-order chi connectivity index (χ1) is 10.1. The Morgan fingerprint density at radius 1 is 1.43 bits per heavy atom. The standard InChI is InChI=1S/C14H16FN3O3/c1-21-11-3-2-9(6-10(11)15)7-18-12(19)14(17-13(18)20)4-5-16-8-14/h2-3,6,16H,4-5,7-8H2,1H3,(H,17,20). The Bertz CT molecular complexity index is 599. The first-order valence-corrected chi connectivity index (χ1v) is 6.73. The predicted molar refractivity (Wildman–Crippen MR) is 72.3 cm³/mol. The maximum Gasteiger partial charge on any atom is 0.325 e. The number of benzene rings is 1. The molecule has 1 aromatic carbocycles. The molecule has 2 aliphatic heterocycles. The van der Waals surface area contributed by atoms with Crippen molar-refractivity contribution in [2.45, 2.75) is 18.5 Å². The Balaban J connectivity index is 1.80. The number of nitrogens with zero attached hydrogens (tertiary/aromatic N) is 1. The molecule has 0 aromatic heterocycles. The van der Waals surface area contributed by atoms with Crippen molar-refractivity contribution in [3.63, 3.8) is 0 Å². The fraction of sp³-hybridized carbons (Fsp3) is 0.429. The van der Waals surface area contributed by atoms with Crippen LogP contribution in [-0.4, -0.2) is 42.6 Å². The molecule has 0 aliphatic carbocycles. The van der Waals surface area contributed by atoms with Gasteiger partial charge in [0, 0.05) is 6.54 Å². The summed E-state index contributed by atoms with van der Waals surface area (Å²) in [6.45, 7) is 1.18. The molecule has 7 heteroatoms. The van der Waals surface area contributed by atoms with Crippen molar-refractivity contribution in [3.8, 4) is 5.75 Å². The van der Waals surface area contributed by atoms with E-state index in [1.807, 2.05) is 0 Å². The van der Waals surface area contributed by atoms with Gasteiger partial charge in [-0.15, -0.1) is 0 Å². The van der Waals surface area contributed by atoms with Gasteiger partial charge in [0.15, 0.2) is 11.6 Å². The molecule has 3 amide bonds. The summed E-state index contributed by atoms with van der Waals surface area (Å²) in [5.41, 5.74) is -0.290. The molecular formula is C14H16FN3O3. The third-order valence-electron chi connectivity index (χ3n) is 3.96. The first-order valence-electron chi connectivity index (χ1n) is 6.73. The summed E-state index contributed by atoms with van der Waals surface area (Å²) in [6, 6.07) is 3.97. The zero-order valence-electron chi connectivity index (χ0n) is 11.6. The summed E-state index contributed by atoms with van der Waals surface area (Å²) in [6.07, 6.45) is 0.574. The molecule has 2 N–H and O–H groups in total. The van der Waals surface area contributed by atoms with E-state index in [0.29, 0.717) is 25.1 Å². The Kier molecular flexibility index (Phi) is 3.29. The van der Waals surface area contributed by atoms with Crippen LogP contribution in [0, 0.1) is 5.82 Å². The van der Waals surface area contributed by atoms with E-state index >= 15 is 0 Å². The summed E-state index contributed by atoms with van der Waals surface area (Å²) >= 11 is 0. The van der Waals surface area contributed by atoms with E-state index in [4.69, 9.17) is 4.74 Å². The van der Waals surface area contributed by atoms with Crippen LogP contribution in [0.25, 0.3) is 0 Å². The Labute approximate surface area is 121 Å². The number of hydrogen-bond donors (Lipinski definition) is 2. The lowest BCUT2D eigenvalue weighted by Crippen LogP contribution is -2.48. The second-order valence-corrected chi connectivity index (χ2v) is 5.30.